The number of unbranched alkanes of at least 4 members (excludes halogenated alkanes) is 44. The molecule has 0 saturated heterocycles. The van der Waals surface area contributed by atoms with Gasteiger partial charge in [-0.15, -0.1) is 0 Å². The minimum Gasteiger partial charge on any atom is -0.462 e. The van der Waals surface area contributed by atoms with Crippen LogP contribution in [-0.2, 0) is 28.6 Å². The van der Waals surface area contributed by atoms with Gasteiger partial charge in [-0.2, -0.15) is 0 Å². The number of carbonyl (C=O) groups is 3. The number of ether oxygens (including phenoxy) is 3. The summed E-state index contributed by atoms with van der Waals surface area (Å²) in [6, 6.07) is 0. The maximum absolute atomic E-state index is 12.9. The van der Waals surface area contributed by atoms with Crippen molar-refractivity contribution < 1.29 is 28.6 Å². The molecule has 6 nitrogen and oxygen atoms in total. The van der Waals surface area contributed by atoms with Gasteiger partial charge in [0.2, 0.25) is 0 Å². The highest BCUT2D eigenvalue weighted by Gasteiger charge is 2.19. The highest BCUT2D eigenvalue weighted by Crippen LogP contribution is 2.18. The summed E-state index contributed by atoms with van der Waals surface area (Å²) in [7, 11) is 0. The Hall–Kier alpha value is -2.63. The van der Waals surface area contributed by atoms with Gasteiger partial charge >= 0.3 is 17.9 Å². The van der Waals surface area contributed by atoms with Gasteiger partial charge in [0.15, 0.2) is 6.10 Å². The molecule has 0 aromatic carbocycles. The fourth-order valence-electron chi connectivity index (χ4n) is 10.3. The van der Waals surface area contributed by atoms with Crippen LogP contribution in [0.5, 0.6) is 0 Å². The van der Waals surface area contributed by atoms with Crippen molar-refractivity contribution in [1.82, 2.24) is 0 Å². The molecule has 77 heavy (non-hydrogen) atoms. The topological polar surface area (TPSA) is 78.9 Å². The van der Waals surface area contributed by atoms with Gasteiger partial charge in [-0.3, -0.25) is 14.4 Å². The lowest BCUT2D eigenvalue weighted by Gasteiger charge is -2.18. The monoisotopic (exact) mass is 1080 g/mol. The fraction of sp³-hybridized carbons (Fsp3) is 0.845. The second-order valence-electron chi connectivity index (χ2n) is 23.1. The zero-order chi connectivity index (χ0) is 55.7. The number of esters is 3. The standard InChI is InChI=1S/C71H130O6/c1-4-7-10-13-16-19-22-25-28-29-30-31-32-33-34-35-36-37-38-39-40-41-44-46-49-52-55-58-61-64-70(73)76-67-68(77-71(74)65-62-59-56-53-50-47-43-27-24-21-18-15-12-9-6-3)66-75-69(72)63-60-57-54-51-48-45-42-26-23-20-17-14-11-8-5-2/h7,10,16,19,25,28,30-31,68H,4-6,8-9,11-15,17-18,20-24,26-27,29,32-67H2,1-3H3/b10-7-,19-16-,28-25-,31-30-. The van der Waals surface area contributed by atoms with Crippen LogP contribution >= 0.6 is 0 Å². The average Bonchev–Trinajstić information content (AvgIpc) is 3.43. The molecule has 0 saturated carbocycles. The Morgan fingerprint density at radius 1 is 0.273 bits per heavy atom. The van der Waals surface area contributed by atoms with E-state index in [2.05, 4.69) is 69.4 Å². The molecule has 0 heterocycles. The molecule has 0 aromatic heterocycles. The van der Waals surface area contributed by atoms with Gasteiger partial charge in [-0.1, -0.05) is 339 Å². The number of rotatable bonds is 63. The predicted octanol–water partition coefficient (Wildman–Crippen LogP) is 23.3. The molecule has 0 amide bonds. The quantitative estimate of drug-likeness (QED) is 0.0261. The van der Waals surface area contributed by atoms with E-state index < -0.39 is 6.10 Å². The van der Waals surface area contributed by atoms with E-state index in [1.165, 1.54) is 244 Å². The molecule has 0 N–H and O–H groups in total. The molecule has 450 valence electrons. The van der Waals surface area contributed by atoms with Crippen molar-refractivity contribution in [3.8, 4) is 0 Å². The first kappa shape index (κ1) is 74.4. The van der Waals surface area contributed by atoms with E-state index in [0.717, 1.165) is 83.5 Å². The van der Waals surface area contributed by atoms with E-state index in [1.807, 2.05) is 0 Å². The highest BCUT2D eigenvalue weighted by atomic mass is 16.6. The summed E-state index contributed by atoms with van der Waals surface area (Å²) < 4.78 is 17.0. The summed E-state index contributed by atoms with van der Waals surface area (Å²) in [5.41, 5.74) is 0. The van der Waals surface area contributed by atoms with Crippen LogP contribution in [-0.4, -0.2) is 37.2 Å². The van der Waals surface area contributed by atoms with Gasteiger partial charge in [-0.25, -0.2) is 0 Å². The molecule has 6 heteroatoms. The van der Waals surface area contributed by atoms with Crippen molar-refractivity contribution in [2.24, 2.45) is 0 Å². The molecule has 1 unspecified atom stereocenters. The normalized spacial score (nSPS) is 12.3. The Morgan fingerprint density at radius 2 is 0.506 bits per heavy atom. The van der Waals surface area contributed by atoms with Gasteiger partial charge in [0.25, 0.3) is 0 Å². The van der Waals surface area contributed by atoms with Crippen LogP contribution in [0.15, 0.2) is 48.6 Å². The summed E-state index contributed by atoms with van der Waals surface area (Å²) in [4.78, 5) is 38.4. The van der Waals surface area contributed by atoms with Crippen LogP contribution in [0.1, 0.15) is 367 Å². The molecule has 1 atom stereocenters. The van der Waals surface area contributed by atoms with E-state index in [4.69, 9.17) is 14.2 Å². The van der Waals surface area contributed by atoms with Crippen LogP contribution in [0.3, 0.4) is 0 Å². The van der Waals surface area contributed by atoms with Crippen LogP contribution in [0.2, 0.25) is 0 Å². The third-order valence-corrected chi connectivity index (χ3v) is 15.3. The number of allylic oxidation sites excluding steroid dienone is 8. The number of hydrogen-bond acceptors (Lipinski definition) is 6. The molecule has 0 fully saturated rings. The summed E-state index contributed by atoms with van der Waals surface area (Å²) in [5.74, 6) is -0.837. The lowest BCUT2D eigenvalue weighted by molar-refractivity contribution is -0.167. The van der Waals surface area contributed by atoms with E-state index in [-0.39, 0.29) is 31.1 Å². The van der Waals surface area contributed by atoms with Gasteiger partial charge in [-0.05, 0) is 57.8 Å². The van der Waals surface area contributed by atoms with Crippen molar-refractivity contribution in [3.63, 3.8) is 0 Å². The van der Waals surface area contributed by atoms with Crippen LogP contribution in [0.25, 0.3) is 0 Å². The van der Waals surface area contributed by atoms with E-state index in [0.29, 0.717) is 19.3 Å². The molecule has 0 radical (unpaired) electrons. The third-order valence-electron chi connectivity index (χ3n) is 15.3. The zero-order valence-electron chi connectivity index (χ0n) is 51.7. The van der Waals surface area contributed by atoms with Crippen LogP contribution in [0.4, 0.5) is 0 Å². The first-order chi connectivity index (χ1) is 38.0. The van der Waals surface area contributed by atoms with E-state index in [9.17, 15) is 14.4 Å². The molecular weight excluding hydrogens is 949 g/mol. The average molecular weight is 1080 g/mol. The van der Waals surface area contributed by atoms with Crippen molar-refractivity contribution in [3.05, 3.63) is 48.6 Å². The molecule has 0 aromatic rings. The van der Waals surface area contributed by atoms with E-state index in [1.54, 1.807) is 0 Å². The maximum Gasteiger partial charge on any atom is 0.306 e. The largest absolute Gasteiger partial charge is 0.462 e. The summed E-state index contributed by atoms with van der Waals surface area (Å²) >= 11 is 0. The minimum absolute atomic E-state index is 0.0654. The summed E-state index contributed by atoms with van der Waals surface area (Å²) in [6.45, 7) is 6.60. The van der Waals surface area contributed by atoms with Crippen LogP contribution < -0.4 is 0 Å². The molecule has 0 spiro atoms. The molecular formula is C71H130O6. The summed E-state index contributed by atoms with van der Waals surface area (Å²) in [6.07, 6.45) is 82.7. The number of carbonyl (C=O) groups excluding carboxylic acids is 3. The predicted molar refractivity (Wildman–Crippen MR) is 335 cm³/mol. The van der Waals surface area contributed by atoms with Crippen molar-refractivity contribution >= 4 is 17.9 Å². The summed E-state index contributed by atoms with van der Waals surface area (Å²) in [5, 5.41) is 0. The molecule has 0 aliphatic carbocycles. The first-order valence-corrected chi connectivity index (χ1v) is 34.1. The Morgan fingerprint density at radius 3 is 0.792 bits per heavy atom. The zero-order valence-corrected chi connectivity index (χ0v) is 51.7. The number of hydrogen-bond donors (Lipinski definition) is 0. The SMILES string of the molecule is CC/C=C\C/C=C\C/C=C\C/C=C\CCCCCCCCCCCCCCCCCCC(=O)OCC(COC(=O)CCCCCCCCCCCCCCCCC)OC(=O)CCCCCCCCCCCCCCCCC. The highest BCUT2D eigenvalue weighted by molar-refractivity contribution is 5.71. The lowest BCUT2D eigenvalue weighted by Crippen LogP contribution is -2.30. The van der Waals surface area contributed by atoms with Crippen molar-refractivity contribution in [2.45, 2.75) is 374 Å². The van der Waals surface area contributed by atoms with E-state index >= 15 is 0 Å². The second-order valence-corrected chi connectivity index (χ2v) is 23.1. The lowest BCUT2D eigenvalue weighted by atomic mass is 10.0. The van der Waals surface area contributed by atoms with Gasteiger partial charge < -0.3 is 14.2 Å². The molecule has 0 bridgehead atoms. The maximum atomic E-state index is 12.9. The Labute approximate surface area is 479 Å². The third kappa shape index (κ3) is 64.1. The minimum atomic E-state index is -0.768. The molecule has 0 aliphatic heterocycles. The second kappa shape index (κ2) is 65.9. The van der Waals surface area contributed by atoms with Crippen LogP contribution in [0, 0.1) is 0 Å². The Bertz CT molecular complexity index is 1330. The molecule has 0 rings (SSSR count). The molecule has 0 aliphatic rings. The van der Waals surface area contributed by atoms with Gasteiger partial charge in [0.1, 0.15) is 13.2 Å². The Kier molecular flexibility index (Phi) is 63.6. The Balaban J connectivity index is 4.19. The van der Waals surface area contributed by atoms with Crippen molar-refractivity contribution in [1.29, 1.82) is 0 Å². The van der Waals surface area contributed by atoms with Gasteiger partial charge in [0, 0.05) is 19.3 Å². The fourth-order valence-corrected chi connectivity index (χ4v) is 10.3. The van der Waals surface area contributed by atoms with Gasteiger partial charge in [0.05, 0.1) is 0 Å². The van der Waals surface area contributed by atoms with Crippen molar-refractivity contribution in [2.75, 3.05) is 13.2 Å². The first-order valence-electron chi connectivity index (χ1n) is 34.1. The smallest absolute Gasteiger partial charge is 0.306 e.